The van der Waals surface area contributed by atoms with Gasteiger partial charge in [0.15, 0.2) is 11.2 Å². The van der Waals surface area contributed by atoms with E-state index in [-0.39, 0.29) is 17.0 Å². The maximum Gasteiger partial charge on any atom is 0.332 e. The van der Waals surface area contributed by atoms with E-state index < -0.39 is 0 Å². The minimum Gasteiger partial charge on any atom is -0.323 e. The van der Waals surface area contributed by atoms with Gasteiger partial charge in [-0.05, 0) is 33.6 Å². The summed E-state index contributed by atoms with van der Waals surface area (Å²) >= 11 is 0. The summed E-state index contributed by atoms with van der Waals surface area (Å²) in [6, 6.07) is 0. The minimum atomic E-state index is -0.360. The average Bonchev–Trinajstić information content (AvgIpc) is 2.80. The molecule has 7 heteroatoms. The van der Waals surface area contributed by atoms with Crippen LogP contribution in [0.2, 0.25) is 0 Å². The van der Waals surface area contributed by atoms with Gasteiger partial charge in [-0.1, -0.05) is 0 Å². The molecule has 0 atom stereocenters. The van der Waals surface area contributed by atoms with Crippen LogP contribution in [0.4, 0.5) is 0 Å². The largest absolute Gasteiger partial charge is 0.332 e. The van der Waals surface area contributed by atoms with Crippen molar-refractivity contribution < 1.29 is 4.79 Å². The monoisotopic (exact) mass is 306 g/mol. The fourth-order valence-corrected chi connectivity index (χ4v) is 2.71. The summed E-state index contributed by atoms with van der Waals surface area (Å²) in [5, 5.41) is 0. The highest BCUT2D eigenvalue weighted by Gasteiger charge is 2.17. The number of fused-ring (bicyclic) bond motifs is 1. The molecule has 0 radical (unpaired) electrons. The number of imidazole rings is 1. The molecule has 0 aliphatic carbocycles. The second-order valence-electron chi connectivity index (χ2n) is 5.53. The topological polar surface area (TPSA) is 78.9 Å². The van der Waals surface area contributed by atoms with Crippen LogP contribution in [0.25, 0.3) is 11.2 Å². The molecule has 2 aromatic rings. The number of aryl methyl sites for hydroxylation is 3. The lowest BCUT2D eigenvalue weighted by atomic mass is 10.2. The Balaban J connectivity index is 2.49. The first-order valence-corrected chi connectivity index (χ1v) is 7.54. The summed E-state index contributed by atoms with van der Waals surface area (Å²) < 4.78 is 4.49. The molecule has 0 aliphatic rings. The summed E-state index contributed by atoms with van der Waals surface area (Å²) in [6.07, 6.45) is 1.78. The summed E-state index contributed by atoms with van der Waals surface area (Å²) in [7, 11) is 1.63. The van der Waals surface area contributed by atoms with Gasteiger partial charge in [0.2, 0.25) is 0 Å². The average molecular weight is 306 g/mol. The molecular formula is C15H22N4O3. The molecule has 2 aromatic heterocycles. The number of hydrogen-bond acceptors (Lipinski definition) is 4. The van der Waals surface area contributed by atoms with E-state index in [4.69, 9.17) is 0 Å². The van der Waals surface area contributed by atoms with Gasteiger partial charge in [-0.15, -0.1) is 0 Å². The zero-order chi connectivity index (χ0) is 16.4. The lowest BCUT2D eigenvalue weighted by Crippen LogP contribution is -2.39. The van der Waals surface area contributed by atoms with Crippen molar-refractivity contribution in [2.75, 3.05) is 0 Å². The standard InChI is InChI=1S/C15H22N4O3/c1-5-18-11(3)16-13-12(18)14(21)19(15(22)17(13)4)9-7-6-8-10(2)20/h5-9H2,1-4H3. The summed E-state index contributed by atoms with van der Waals surface area (Å²) in [5.41, 5.74) is 0.229. The van der Waals surface area contributed by atoms with Gasteiger partial charge in [0, 0.05) is 26.6 Å². The van der Waals surface area contributed by atoms with Crippen molar-refractivity contribution in [1.29, 1.82) is 0 Å². The van der Waals surface area contributed by atoms with Gasteiger partial charge in [-0.25, -0.2) is 9.78 Å². The van der Waals surface area contributed by atoms with Gasteiger partial charge in [0.25, 0.3) is 5.56 Å². The van der Waals surface area contributed by atoms with Crippen molar-refractivity contribution in [3.05, 3.63) is 26.7 Å². The molecule has 0 spiro atoms. The molecule has 0 amide bonds. The highest BCUT2D eigenvalue weighted by molar-refractivity contribution is 5.75. The number of hydrogen-bond donors (Lipinski definition) is 0. The van der Waals surface area contributed by atoms with Crippen molar-refractivity contribution in [2.24, 2.45) is 7.05 Å². The van der Waals surface area contributed by atoms with Crippen LogP contribution in [0, 0.1) is 6.92 Å². The smallest absolute Gasteiger partial charge is 0.323 e. The molecule has 22 heavy (non-hydrogen) atoms. The van der Waals surface area contributed by atoms with Crippen LogP contribution in [-0.2, 0) is 24.9 Å². The van der Waals surface area contributed by atoms with Gasteiger partial charge >= 0.3 is 5.69 Å². The Morgan fingerprint density at radius 3 is 2.45 bits per heavy atom. The second-order valence-corrected chi connectivity index (χ2v) is 5.53. The summed E-state index contributed by atoms with van der Waals surface area (Å²) in [6.45, 7) is 6.25. The molecule has 0 aliphatic heterocycles. The van der Waals surface area contributed by atoms with E-state index in [9.17, 15) is 14.4 Å². The van der Waals surface area contributed by atoms with Crippen LogP contribution in [0.15, 0.2) is 9.59 Å². The maximum absolute atomic E-state index is 12.6. The lowest BCUT2D eigenvalue weighted by Gasteiger charge is -2.09. The van der Waals surface area contributed by atoms with Gasteiger partial charge < -0.3 is 9.36 Å². The molecule has 120 valence electrons. The number of rotatable bonds is 6. The third-order valence-electron chi connectivity index (χ3n) is 3.90. The zero-order valence-corrected chi connectivity index (χ0v) is 13.5. The molecule has 0 unspecified atom stereocenters. The predicted molar refractivity (Wildman–Crippen MR) is 84.2 cm³/mol. The molecule has 2 heterocycles. The van der Waals surface area contributed by atoms with Crippen molar-refractivity contribution >= 4 is 16.9 Å². The number of carbonyl (C=O) groups excluding carboxylic acids is 1. The first-order chi connectivity index (χ1) is 10.4. The molecule has 0 aromatic carbocycles. The highest BCUT2D eigenvalue weighted by atomic mass is 16.2. The zero-order valence-electron chi connectivity index (χ0n) is 13.5. The first kappa shape index (κ1) is 16.2. The SMILES string of the molecule is CCn1c(C)nc2c1c(=O)n(CCCCC(C)=O)c(=O)n2C. The van der Waals surface area contributed by atoms with E-state index in [0.717, 1.165) is 5.82 Å². The van der Waals surface area contributed by atoms with E-state index in [2.05, 4.69) is 4.98 Å². The normalized spacial score (nSPS) is 11.3. The first-order valence-electron chi connectivity index (χ1n) is 7.54. The van der Waals surface area contributed by atoms with Crippen molar-refractivity contribution in [2.45, 2.75) is 53.1 Å². The number of carbonyl (C=O) groups is 1. The number of nitrogens with zero attached hydrogens (tertiary/aromatic N) is 4. The molecule has 7 nitrogen and oxygen atoms in total. The Morgan fingerprint density at radius 1 is 1.18 bits per heavy atom. The third kappa shape index (κ3) is 2.75. The van der Waals surface area contributed by atoms with Crippen LogP contribution >= 0.6 is 0 Å². The van der Waals surface area contributed by atoms with Crippen LogP contribution in [-0.4, -0.2) is 24.5 Å². The molecule has 2 rings (SSSR count). The Labute approximate surface area is 128 Å². The molecule has 0 saturated carbocycles. The number of ketones is 1. The van der Waals surface area contributed by atoms with Gasteiger partial charge in [0.05, 0.1) is 0 Å². The Bertz CT molecular complexity index is 826. The maximum atomic E-state index is 12.6. The third-order valence-corrected chi connectivity index (χ3v) is 3.90. The quantitative estimate of drug-likeness (QED) is 0.745. The van der Waals surface area contributed by atoms with Crippen molar-refractivity contribution in [3.63, 3.8) is 0 Å². The van der Waals surface area contributed by atoms with Crippen LogP contribution in [0.5, 0.6) is 0 Å². The fraction of sp³-hybridized carbons (Fsp3) is 0.600. The summed E-state index contributed by atoms with van der Waals surface area (Å²) in [4.78, 5) is 40.3. The van der Waals surface area contributed by atoms with Crippen LogP contribution in [0.1, 0.15) is 38.9 Å². The lowest BCUT2D eigenvalue weighted by molar-refractivity contribution is -0.117. The molecule has 0 N–H and O–H groups in total. The molecule has 0 saturated heterocycles. The number of aromatic nitrogens is 4. The second kappa shape index (κ2) is 6.29. The Hall–Kier alpha value is -2.18. The van der Waals surface area contributed by atoms with E-state index in [1.807, 2.05) is 18.4 Å². The van der Waals surface area contributed by atoms with Crippen LogP contribution < -0.4 is 11.2 Å². The van der Waals surface area contributed by atoms with E-state index >= 15 is 0 Å². The van der Waals surface area contributed by atoms with Gasteiger partial charge in [-0.2, -0.15) is 0 Å². The Morgan fingerprint density at radius 2 is 1.86 bits per heavy atom. The van der Waals surface area contributed by atoms with Gasteiger partial charge in [0.1, 0.15) is 11.6 Å². The van der Waals surface area contributed by atoms with E-state index in [1.165, 1.54) is 9.13 Å². The van der Waals surface area contributed by atoms with Gasteiger partial charge in [-0.3, -0.25) is 13.9 Å². The molecule has 0 fully saturated rings. The summed E-state index contributed by atoms with van der Waals surface area (Å²) in [5.74, 6) is 0.842. The van der Waals surface area contributed by atoms with Crippen molar-refractivity contribution in [1.82, 2.24) is 18.7 Å². The predicted octanol–water partition coefficient (Wildman–Crippen LogP) is 0.984. The van der Waals surface area contributed by atoms with E-state index in [0.29, 0.717) is 43.5 Å². The number of unbranched alkanes of at least 4 members (excludes halogenated alkanes) is 1. The highest BCUT2D eigenvalue weighted by Crippen LogP contribution is 2.10. The fourth-order valence-electron chi connectivity index (χ4n) is 2.71. The van der Waals surface area contributed by atoms with Crippen LogP contribution in [0.3, 0.4) is 0 Å². The number of Topliss-reactive ketones (excluding diaryl/α,β-unsaturated/α-hetero) is 1. The Kier molecular flexibility index (Phi) is 4.63. The molecular weight excluding hydrogens is 284 g/mol. The minimum absolute atomic E-state index is 0.121. The van der Waals surface area contributed by atoms with E-state index in [1.54, 1.807) is 14.0 Å². The van der Waals surface area contributed by atoms with Crippen molar-refractivity contribution in [3.8, 4) is 0 Å². The molecule has 0 bridgehead atoms.